The number of amidine groups is 1. The van der Waals surface area contributed by atoms with Gasteiger partial charge in [0.15, 0.2) is 5.17 Å². The van der Waals surface area contributed by atoms with Crippen molar-refractivity contribution in [3.8, 4) is 0 Å². The van der Waals surface area contributed by atoms with Crippen molar-refractivity contribution in [2.24, 2.45) is 4.99 Å². The molecular formula is C18H18N4O4S. The standard InChI is InChI=1S/C18H18N4O4S/c1-20-13-7-6-11(22(25)26)10-12(13)14(17(20)24)15-16(23)19-18(27-15)21-8-4-2-3-5-9-21/h6-7,10H,2-5,8-9H2,1H3. The molecule has 3 aliphatic rings. The number of nitro benzene ring substituents is 1. The molecule has 0 aromatic heterocycles. The molecule has 0 atom stereocenters. The van der Waals surface area contributed by atoms with Gasteiger partial charge >= 0.3 is 0 Å². The molecule has 0 radical (unpaired) electrons. The van der Waals surface area contributed by atoms with Gasteiger partial charge in [-0.05, 0) is 30.7 Å². The fourth-order valence-electron chi connectivity index (χ4n) is 3.59. The molecular weight excluding hydrogens is 368 g/mol. The summed E-state index contributed by atoms with van der Waals surface area (Å²) in [5.74, 6) is -0.788. The molecule has 0 saturated carbocycles. The predicted octanol–water partition coefficient (Wildman–Crippen LogP) is 2.79. The van der Waals surface area contributed by atoms with Crippen molar-refractivity contribution in [2.45, 2.75) is 25.7 Å². The first kappa shape index (κ1) is 17.7. The molecule has 140 valence electrons. The molecule has 0 N–H and O–H groups in total. The van der Waals surface area contributed by atoms with Gasteiger partial charge in [-0.25, -0.2) is 0 Å². The van der Waals surface area contributed by atoms with Crippen LogP contribution in [0, 0.1) is 10.1 Å². The number of hydrogen-bond donors (Lipinski definition) is 0. The van der Waals surface area contributed by atoms with E-state index in [0.717, 1.165) is 38.8 Å². The Morgan fingerprint density at radius 1 is 1.15 bits per heavy atom. The Morgan fingerprint density at radius 2 is 1.85 bits per heavy atom. The Morgan fingerprint density at radius 3 is 2.52 bits per heavy atom. The third-order valence-electron chi connectivity index (χ3n) is 5.03. The van der Waals surface area contributed by atoms with Gasteiger partial charge in [0.2, 0.25) is 0 Å². The third-order valence-corrected chi connectivity index (χ3v) is 6.14. The lowest BCUT2D eigenvalue weighted by Crippen LogP contribution is -2.28. The lowest BCUT2D eigenvalue weighted by atomic mass is 10.1. The van der Waals surface area contributed by atoms with Crippen LogP contribution in [-0.4, -0.2) is 46.9 Å². The minimum absolute atomic E-state index is 0.112. The molecule has 0 unspecified atom stereocenters. The first-order chi connectivity index (χ1) is 13.0. The number of likely N-dealkylation sites (N-methyl/N-ethyl adjacent to an activating group) is 1. The number of benzene rings is 1. The quantitative estimate of drug-likeness (QED) is 0.418. The maximum atomic E-state index is 12.8. The summed E-state index contributed by atoms with van der Waals surface area (Å²) in [5, 5.41) is 11.8. The fraction of sp³-hybridized carbons (Fsp3) is 0.389. The second-order valence-electron chi connectivity index (χ2n) is 6.73. The van der Waals surface area contributed by atoms with Crippen molar-refractivity contribution in [2.75, 3.05) is 25.0 Å². The van der Waals surface area contributed by atoms with Crippen LogP contribution in [-0.2, 0) is 9.59 Å². The van der Waals surface area contributed by atoms with E-state index >= 15 is 0 Å². The SMILES string of the molecule is CN1C(=O)C(=C2SC(N3CCCCCC3)=NC2=O)c2cc([N+](=O)[O-])ccc21. The van der Waals surface area contributed by atoms with Crippen molar-refractivity contribution in [1.29, 1.82) is 0 Å². The summed E-state index contributed by atoms with van der Waals surface area (Å²) in [5.41, 5.74) is 1.07. The highest BCUT2D eigenvalue weighted by molar-refractivity contribution is 8.18. The summed E-state index contributed by atoms with van der Waals surface area (Å²) in [6, 6.07) is 4.26. The zero-order valence-electron chi connectivity index (χ0n) is 14.8. The number of nitro groups is 1. The lowest BCUT2D eigenvalue weighted by Gasteiger charge is -2.20. The van der Waals surface area contributed by atoms with E-state index in [-0.39, 0.29) is 22.1 Å². The number of carbonyl (C=O) groups is 2. The second kappa shape index (κ2) is 6.80. The summed E-state index contributed by atoms with van der Waals surface area (Å²) in [4.78, 5) is 43.9. The van der Waals surface area contributed by atoms with Crippen LogP contribution in [0.1, 0.15) is 31.2 Å². The Balaban J connectivity index is 1.74. The molecule has 3 aliphatic heterocycles. The molecule has 0 spiro atoms. The average molecular weight is 386 g/mol. The zero-order chi connectivity index (χ0) is 19.1. The largest absolute Gasteiger partial charge is 0.351 e. The smallest absolute Gasteiger partial charge is 0.287 e. The van der Waals surface area contributed by atoms with Gasteiger partial charge in [0, 0.05) is 37.8 Å². The second-order valence-corrected chi connectivity index (χ2v) is 7.71. The molecule has 2 amide bonds. The summed E-state index contributed by atoms with van der Waals surface area (Å²) in [6.07, 6.45) is 4.43. The maximum Gasteiger partial charge on any atom is 0.287 e. The molecule has 1 saturated heterocycles. The van der Waals surface area contributed by atoms with Gasteiger partial charge < -0.3 is 9.80 Å². The van der Waals surface area contributed by atoms with E-state index in [1.807, 2.05) is 0 Å². The van der Waals surface area contributed by atoms with Gasteiger partial charge in [0.05, 0.1) is 21.1 Å². The number of nitrogens with zero attached hydrogens (tertiary/aromatic N) is 4. The van der Waals surface area contributed by atoms with Crippen LogP contribution >= 0.6 is 11.8 Å². The van der Waals surface area contributed by atoms with Gasteiger partial charge in [-0.3, -0.25) is 19.7 Å². The topological polar surface area (TPSA) is 96.1 Å². The van der Waals surface area contributed by atoms with E-state index in [2.05, 4.69) is 9.89 Å². The van der Waals surface area contributed by atoms with E-state index in [1.165, 1.54) is 28.8 Å². The minimum atomic E-state index is -0.506. The zero-order valence-corrected chi connectivity index (χ0v) is 15.6. The molecule has 8 nitrogen and oxygen atoms in total. The van der Waals surface area contributed by atoms with Gasteiger partial charge in [0.1, 0.15) is 0 Å². The number of amides is 2. The Hall–Kier alpha value is -2.68. The Bertz CT molecular complexity index is 916. The number of thioether (sulfide) groups is 1. The van der Waals surface area contributed by atoms with Crippen LogP contribution in [0.15, 0.2) is 28.1 Å². The maximum absolute atomic E-state index is 12.8. The van der Waals surface area contributed by atoms with E-state index in [1.54, 1.807) is 13.1 Å². The van der Waals surface area contributed by atoms with Crippen molar-refractivity contribution in [3.63, 3.8) is 0 Å². The van der Waals surface area contributed by atoms with Gasteiger partial charge in [-0.1, -0.05) is 12.8 Å². The Labute approximate surface area is 160 Å². The van der Waals surface area contributed by atoms with E-state index < -0.39 is 10.8 Å². The minimum Gasteiger partial charge on any atom is -0.351 e. The molecule has 4 rings (SSSR count). The number of rotatable bonds is 1. The molecule has 0 bridgehead atoms. The highest BCUT2D eigenvalue weighted by Crippen LogP contribution is 2.44. The number of hydrogen-bond acceptors (Lipinski definition) is 6. The number of fused-ring (bicyclic) bond motifs is 1. The van der Waals surface area contributed by atoms with Crippen molar-refractivity contribution in [3.05, 3.63) is 38.8 Å². The molecule has 1 aromatic rings. The van der Waals surface area contributed by atoms with Gasteiger partial charge in [0.25, 0.3) is 17.5 Å². The first-order valence-corrected chi connectivity index (χ1v) is 9.66. The average Bonchev–Trinajstić information content (AvgIpc) is 2.99. The number of carbonyl (C=O) groups excluding carboxylic acids is 2. The lowest BCUT2D eigenvalue weighted by molar-refractivity contribution is -0.384. The third kappa shape index (κ3) is 3.01. The summed E-state index contributed by atoms with van der Waals surface area (Å²) < 4.78 is 0. The van der Waals surface area contributed by atoms with Crippen LogP contribution in [0.3, 0.4) is 0 Å². The monoisotopic (exact) mass is 386 g/mol. The number of non-ortho nitro benzene ring substituents is 1. The molecule has 27 heavy (non-hydrogen) atoms. The number of likely N-dealkylation sites (tertiary alicyclic amines) is 1. The molecule has 1 aromatic carbocycles. The Kier molecular flexibility index (Phi) is 4.47. The van der Waals surface area contributed by atoms with Crippen LogP contribution in [0.2, 0.25) is 0 Å². The van der Waals surface area contributed by atoms with E-state index in [4.69, 9.17) is 0 Å². The molecule has 3 heterocycles. The van der Waals surface area contributed by atoms with Crippen LogP contribution in [0.5, 0.6) is 0 Å². The predicted molar refractivity (Wildman–Crippen MR) is 104 cm³/mol. The molecule has 0 aliphatic carbocycles. The van der Waals surface area contributed by atoms with E-state index in [9.17, 15) is 19.7 Å². The highest BCUT2D eigenvalue weighted by Gasteiger charge is 2.39. The van der Waals surface area contributed by atoms with Crippen molar-refractivity contribution >= 4 is 45.7 Å². The van der Waals surface area contributed by atoms with Crippen LogP contribution < -0.4 is 4.90 Å². The summed E-state index contributed by atoms with van der Waals surface area (Å²) >= 11 is 1.20. The van der Waals surface area contributed by atoms with Gasteiger partial charge in [-0.15, -0.1) is 0 Å². The van der Waals surface area contributed by atoms with Crippen molar-refractivity contribution < 1.29 is 14.5 Å². The highest BCUT2D eigenvalue weighted by atomic mass is 32.2. The van der Waals surface area contributed by atoms with E-state index in [0.29, 0.717) is 16.4 Å². The number of aliphatic imine (C=N–C) groups is 1. The van der Waals surface area contributed by atoms with Crippen LogP contribution in [0.25, 0.3) is 5.57 Å². The van der Waals surface area contributed by atoms with Crippen LogP contribution in [0.4, 0.5) is 11.4 Å². The first-order valence-electron chi connectivity index (χ1n) is 8.84. The van der Waals surface area contributed by atoms with Gasteiger partial charge in [-0.2, -0.15) is 4.99 Å². The normalized spacial score (nSPS) is 22.8. The summed E-state index contributed by atoms with van der Waals surface area (Å²) in [7, 11) is 1.60. The number of anilines is 1. The summed E-state index contributed by atoms with van der Waals surface area (Å²) in [6.45, 7) is 1.69. The fourth-order valence-corrected chi connectivity index (χ4v) is 4.65. The molecule has 9 heteroatoms. The van der Waals surface area contributed by atoms with Crippen molar-refractivity contribution in [1.82, 2.24) is 4.90 Å². The molecule has 1 fully saturated rings.